The molecule has 0 fully saturated rings. The zero-order valence-corrected chi connectivity index (χ0v) is 12.0. The van der Waals surface area contributed by atoms with Gasteiger partial charge in [0, 0.05) is 23.3 Å². The van der Waals surface area contributed by atoms with Crippen molar-refractivity contribution in [1.29, 1.82) is 0 Å². The van der Waals surface area contributed by atoms with E-state index in [0.717, 1.165) is 27.4 Å². The number of aromatic nitrogens is 1. The Morgan fingerprint density at radius 3 is 2.61 bits per heavy atom. The molecular weight excluding hydrogens is 265 g/mol. The molecule has 0 bridgehead atoms. The zero-order valence-electron chi connectivity index (χ0n) is 10.5. The van der Waals surface area contributed by atoms with Crippen LogP contribution in [0.15, 0.2) is 36.5 Å². The first-order chi connectivity index (χ1) is 8.56. The number of nitrogens with zero attached hydrogens (tertiary/aromatic N) is 1. The highest BCUT2D eigenvalue weighted by Gasteiger charge is 2.12. The predicted octanol–water partition coefficient (Wildman–Crippen LogP) is 4.87. The Balaban J connectivity index is 2.18. The average Bonchev–Trinajstić information content (AvgIpc) is 2.35. The second-order valence-corrected chi connectivity index (χ2v) is 5.46. The molecule has 1 aromatic carbocycles. The molecule has 0 aliphatic rings. The molecule has 0 amide bonds. The number of halogens is 2. The third-order valence-corrected chi connectivity index (χ3v) is 3.56. The van der Waals surface area contributed by atoms with Gasteiger partial charge in [-0.05, 0) is 48.7 Å². The summed E-state index contributed by atoms with van der Waals surface area (Å²) in [5.74, 6) is 0. The fourth-order valence-corrected chi connectivity index (χ4v) is 2.44. The average molecular weight is 280 g/mol. The maximum absolute atomic E-state index is 6.46. The first-order valence-electron chi connectivity index (χ1n) is 5.88. The molecule has 2 aromatic rings. The standard InChI is InChI=1S/C15H15Cl2N/c1-10-3-6-13(18-9-10)8-15(17)14-7-12(16)5-4-11(14)2/h3-7,9,15H,8H2,1-2H3. The highest BCUT2D eigenvalue weighted by Crippen LogP contribution is 2.29. The largest absolute Gasteiger partial charge is 0.261 e. The van der Waals surface area contributed by atoms with Gasteiger partial charge in [-0.1, -0.05) is 23.7 Å². The summed E-state index contributed by atoms with van der Waals surface area (Å²) < 4.78 is 0. The Kier molecular flexibility index (Phi) is 4.26. The molecule has 2 rings (SSSR count). The predicted molar refractivity (Wildman–Crippen MR) is 77.5 cm³/mol. The lowest BCUT2D eigenvalue weighted by molar-refractivity contribution is 0.872. The van der Waals surface area contributed by atoms with E-state index in [1.54, 1.807) is 0 Å². The molecule has 1 atom stereocenters. The minimum absolute atomic E-state index is 0.0982. The van der Waals surface area contributed by atoms with Gasteiger partial charge in [-0.3, -0.25) is 4.98 Å². The number of hydrogen-bond donors (Lipinski definition) is 0. The zero-order chi connectivity index (χ0) is 13.1. The molecule has 0 saturated heterocycles. The number of rotatable bonds is 3. The summed E-state index contributed by atoms with van der Waals surface area (Å²) in [6, 6.07) is 9.88. The van der Waals surface area contributed by atoms with Gasteiger partial charge in [0.15, 0.2) is 0 Å². The molecule has 1 unspecified atom stereocenters. The van der Waals surface area contributed by atoms with Gasteiger partial charge in [0.1, 0.15) is 0 Å². The normalized spacial score (nSPS) is 12.4. The SMILES string of the molecule is Cc1ccc(CC(Cl)c2cc(Cl)ccc2C)nc1. The van der Waals surface area contributed by atoms with Crippen molar-refractivity contribution in [3.63, 3.8) is 0 Å². The second kappa shape index (κ2) is 5.73. The molecule has 0 spiro atoms. The van der Waals surface area contributed by atoms with Gasteiger partial charge >= 0.3 is 0 Å². The topological polar surface area (TPSA) is 12.9 Å². The van der Waals surface area contributed by atoms with Crippen molar-refractivity contribution in [3.05, 3.63) is 63.9 Å². The molecular formula is C15H15Cl2N. The molecule has 0 radical (unpaired) electrons. The quantitative estimate of drug-likeness (QED) is 0.730. The highest BCUT2D eigenvalue weighted by molar-refractivity contribution is 6.30. The number of aryl methyl sites for hydroxylation is 2. The number of alkyl halides is 1. The van der Waals surface area contributed by atoms with Crippen molar-refractivity contribution in [1.82, 2.24) is 4.98 Å². The third-order valence-electron chi connectivity index (χ3n) is 2.94. The Labute approximate surface area is 118 Å². The van der Waals surface area contributed by atoms with E-state index >= 15 is 0 Å². The number of hydrogen-bond acceptors (Lipinski definition) is 1. The summed E-state index contributed by atoms with van der Waals surface area (Å²) in [5, 5.41) is 0.622. The van der Waals surface area contributed by atoms with Gasteiger partial charge in [0.05, 0.1) is 5.38 Å². The van der Waals surface area contributed by atoms with Crippen LogP contribution in [0, 0.1) is 13.8 Å². The summed E-state index contributed by atoms with van der Waals surface area (Å²) in [6.45, 7) is 4.07. The van der Waals surface area contributed by atoms with Gasteiger partial charge < -0.3 is 0 Å². The first-order valence-corrected chi connectivity index (χ1v) is 6.69. The van der Waals surface area contributed by atoms with Gasteiger partial charge in [-0.25, -0.2) is 0 Å². The Bertz CT molecular complexity index is 535. The Morgan fingerprint density at radius 1 is 1.17 bits per heavy atom. The van der Waals surface area contributed by atoms with E-state index in [0.29, 0.717) is 6.42 Å². The molecule has 0 N–H and O–H groups in total. The second-order valence-electron chi connectivity index (χ2n) is 4.50. The van der Waals surface area contributed by atoms with Crippen LogP contribution in [0.4, 0.5) is 0 Å². The lowest BCUT2D eigenvalue weighted by Crippen LogP contribution is -2.00. The van der Waals surface area contributed by atoms with E-state index in [9.17, 15) is 0 Å². The molecule has 0 aliphatic heterocycles. The van der Waals surface area contributed by atoms with Crippen LogP contribution >= 0.6 is 23.2 Å². The van der Waals surface area contributed by atoms with Crippen molar-refractivity contribution in [2.75, 3.05) is 0 Å². The highest BCUT2D eigenvalue weighted by atomic mass is 35.5. The maximum atomic E-state index is 6.46. The van der Waals surface area contributed by atoms with E-state index in [1.165, 1.54) is 0 Å². The van der Waals surface area contributed by atoms with Crippen LogP contribution in [0.5, 0.6) is 0 Å². The van der Waals surface area contributed by atoms with Crippen LogP contribution in [0.3, 0.4) is 0 Å². The summed E-state index contributed by atoms with van der Waals surface area (Å²) in [7, 11) is 0. The summed E-state index contributed by atoms with van der Waals surface area (Å²) in [5.41, 5.74) is 4.39. The van der Waals surface area contributed by atoms with Crippen LogP contribution in [0.25, 0.3) is 0 Å². The van der Waals surface area contributed by atoms with E-state index < -0.39 is 0 Å². The Morgan fingerprint density at radius 2 is 1.94 bits per heavy atom. The molecule has 18 heavy (non-hydrogen) atoms. The van der Waals surface area contributed by atoms with Crippen molar-refractivity contribution >= 4 is 23.2 Å². The van der Waals surface area contributed by atoms with E-state index in [-0.39, 0.29) is 5.38 Å². The van der Waals surface area contributed by atoms with Crippen LogP contribution in [-0.4, -0.2) is 4.98 Å². The van der Waals surface area contributed by atoms with E-state index in [4.69, 9.17) is 23.2 Å². The fraction of sp³-hybridized carbons (Fsp3) is 0.267. The maximum Gasteiger partial charge on any atom is 0.0643 e. The van der Waals surface area contributed by atoms with Crippen LogP contribution in [0.2, 0.25) is 5.02 Å². The monoisotopic (exact) mass is 279 g/mol. The first kappa shape index (κ1) is 13.4. The minimum Gasteiger partial charge on any atom is -0.261 e. The lowest BCUT2D eigenvalue weighted by Gasteiger charge is -2.13. The van der Waals surface area contributed by atoms with Crippen LogP contribution in [0.1, 0.15) is 27.8 Å². The van der Waals surface area contributed by atoms with Crippen molar-refractivity contribution in [2.24, 2.45) is 0 Å². The van der Waals surface area contributed by atoms with E-state index in [1.807, 2.05) is 44.3 Å². The third kappa shape index (κ3) is 3.24. The summed E-state index contributed by atoms with van der Waals surface area (Å²) in [6.07, 6.45) is 2.58. The van der Waals surface area contributed by atoms with Crippen LogP contribution < -0.4 is 0 Å². The molecule has 1 nitrogen and oxygen atoms in total. The van der Waals surface area contributed by atoms with Gasteiger partial charge in [0.25, 0.3) is 0 Å². The van der Waals surface area contributed by atoms with Gasteiger partial charge in [-0.15, -0.1) is 11.6 Å². The van der Waals surface area contributed by atoms with E-state index in [2.05, 4.69) is 11.1 Å². The molecule has 94 valence electrons. The smallest absolute Gasteiger partial charge is 0.0643 e. The molecule has 0 saturated carbocycles. The molecule has 3 heteroatoms. The van der Waals surface area contributed by atoms with Gasteiger partial charge in [0.2, 0.25) is 0 Å². The fourth-order valence-electron chi connectivity index (χ4n) is 1.86. The summed E-state index contributed by atoms with van der Waals surface area (Å²) >= 11 is 12.5. The van der Waals surface area contributed by atoms with Gasteiger partial charge in [-0.2, -0.15) is 0 Å². The van der Waals surface area contributed by atoms with Crippen molar-refractivity contribution in [2.45, 2.75) is 25.6 Å². The lowest BCUT2D eigenvalue weighted by atomic mass is 10.0. The Hall–Kier alpha value is -1.05. The minimum atomic E-state index is -0.0982. The van der Waals surface area contributed by atoms with Crippen molar-refractivity contribution in [3.8, 4) is 0 Å². The molecule has 1 aromatic heterocycles. The van der Waals surface area contributed by atoms with Crippen molar-refractivity contribution < 1.29 is 0 Å². The molecule has 1 heterocycles. The molecule has 0 aliphatic carbocycles. The van der Waals surface area contributed by atoms with Crippen LogP contribution in [-0.2, 0) is 6.42 Å². The number of benzene rings is 1. The summed E-state index contributed by atoms with van der Waals surface area (Å²) in [4.78, 5) is 4.38. The number of pyridine rings is 1.